The molecule has 1 fully saturated rings. The molecule has 0 bridgehead atoms. The van der Waals surface area contributed by atoms with Crippen LogP contribution in [0.5, 0.6) is 0 Å². The van der Waals surface area contributed by atoms with Crippen LogP contribution in [0.25, 0.3) is 27.9 Å². The second-order valence-electron chi connectivity index (χ2n) is 11.9. The Kier molecular flexibility index (Phi) is 9.12. The third-order valence-corrected chi connectivity index (χ3v) is 11.3. The standard InChI is InChI=1S/C38H35N3O3S3/c1-2-3-4-5-6-11-20-39-29-13-8-7-12-27(29)28-23-26(17-19-30(28)39)41-31-14-9-10-15-33(31)46-34-21-25(16-18-32(34)41)22-35-37(44)40(24-36(42)43)38(45)47-35/h7-10,12-19,21-23H,2-6,11,20,24H2,1H3,(H,42,43)/b35-22-. The number of aliphatic carboxylic acids is 1. The van der Waals surface area contributed by atoms with Gasteiger partial charge in [-0.05, 0) is 66.6 Å². The highest BCUT2D eigenvalue weighted by atomic mass is 32.2. The van der Waals surface area contributed by atoms with Gasteiger partial charge in [0.2, 0.25) is 0 Å². The number of carbonyl (C=O) groups is 2. The molecule has 1 aromatic heterocycles. The van der Waals surface area contributed by atoms with Gasteiger partial charge in [-0.15, -0.1) is 0 Å². The first-order valence-corrected chi connectivity index (χ1v) is 18.2. The molecule has 1 saturated heterocycles. The third kappa shape index (κ3) is 6.20. The topological polar surface area (TPSA) is 65.8 Å². The van der Waals surface area contributed by atoms with Crippen LogP contribution in [0, 0.1) is 0 Å². The zero-order chi connectivity index (χ0) is 32.5. The van der Waals surface area contributed by atoms with Gasteiger partial charge < -0.3 is 14.6 Å². The van der Waals surface area contributed by atoms with E-state index in [1.165, 1.54) is 60.3 Å². The average Bonchev–Trinajstić information content (AvgIpc) is 3.52. The van der Waals surface area contributed by atoms with E-state index in [2.05, 4.69) is 95.3 Å². The number of amides is 1. The van der Waals surface area contributed by atoms with E-state index in [9.17, 15) is 14.7 Å². The Morgan fingerprint density at radius 3 is 2.40 bits per heavy atom. The molecular formula is C38H35N3O3S3. The number of thiocarbonyl (C=S) groups is 1. The number of aryl methyl sites for hydroxylation is 1. The molecule has 1 amide bonds. The normalized spacial score (nSPS) is 15.2. The van der Waals surface area contributed by atoms with E-state index in [-0.39, 0.29) is 10.2 Å². The number of aromatic nitrogens is 1. The summed E-state index contributed by atoms with van der Waals surface area (Å²) >= 11 is 8.15. The molecular weight excluding hydrogens is 643 g/mol. The number of carbonyl (C=O) groups excluding carboxylic acids is 1. The fourth-order valence-electron chi connectivity index (χ4n) is 6.54. The molecule has 0 unspecified atom stereocenters. The van der Waals surface area contributed by atoms with Crippen LogP contribution in [0.2, 0.25) is 0 Å². The van der Waals surface area contributed by atoms with Crippen molar-refractivity contribution < 1.29 is 14.7 Å². The zero-order valence-corrected chi connectivity index (χ0v) is 28.6. The minimum atomic E-state index is -1.09. The summed E-state index contributed by atoms with van der Waals surface area (Å²) in [6, 6.07) is 30.2. The van der Waals surface area contributed by atoms with Crippen molar-refractivity contribution >= 4 is 96.9 Å². The Hall–Kier alpha value is -4.05. The fraction of sp³-hybridized carbons (Fsp3) is 0.237. The number of fused-ring (bicyclic) bond motifs is 5. The van der Waals surface area contributed by atoms with Crippen LogP contribution in [0.1, 0.15) is 51.0 Å². The van der Waals surface area contributed by atoms with Crippen LogP contribution in [0.3, 0.4) is 0 Å². The summed E-state index contributed by atoms with van der Waals surface area (Å²) in [5.41, 5.74) is 6.69. The van der Waals surface area contributed by atoms with Gasteiger partial charge in [-0.2, -0.15) is 0 Å². The summed E-state index contributed by atoms with van der Waals surface area (Å²) in [4.78, 5) is 30.3. The van der Waals surface area contributed by atoms with Crippen molar-refractivity contribution in [1.29, 1.82) is 0 Å². The molecule has 5 aromatic rings. The van der Waals surface area contributed by atoms with E-state index >= 15 is 0 Å². The number of anilines is 3. The summed E-state index contributed by atoms with van der Waals surface area (Å²) in [5.74, 6) is -1.46. The first-order chi connectivity index (χ1) is 22.9. The maximum atomic E-state index is 12.9. The lowest BCUT2D eigenvalue weighted by Gasteiger charge is -2.33. The zero-order valence-electron chi connectivity index (χ0n) is 26.1. The van der Waals surface area contributed by atoms with Crippen LogP contribution < -0.4 is 4.90 Å². The Balaban J connectivity index is 1.25. The average molecular weight is 678 g/mol. The van der Waals surface area contributed by atoms with Gasteiger partial charge in [0.25, 0.3) is 5.91 Å². The van der Waals surface area contributed by atoms with Gasteiger partial charge in [0.1, 0.15) is 10.9 Å². The van der Waals surface area contributed by atoms with Crippen LogP contribution in [-0.2, 0) is 16.1 Å². The number of unbranched alkanes of at least 4 members (excludes halogenated alkanes) is 5. The highest BCUT2D eigenvalue weighted by molar-refractivity contribution is 8.26. The first kappa shape index (κ1) is 31.5. The SMILES string of the molecule is CCCCCCCCn1c2ccccc2c2cc(N3c4ccccc4Sc4cc(/C=C5\SC(=S)N(CC(=O)O)C5=O)ccc43)ccc21. The predicted octanol–water partition coefficient (Wildman–Crippen LogP) is 10.4. The number of hydrogen-bond acceptors (Lipinski definition) is 6. The number of benzene rings is 4. The molecule has 9 heteroatoms. The molecule has 6 nitrogen and oxygen atoms in total. The van der Waals surface area contributed by atoms with Crippen molar-refractivity contribution in [3.8, 4) is 0 Å². The molecule has 47 heavy (non-hydrogen) atoms. The highest BCUT2D eigenvalue weighted by Gasteiger charge is 2.33. The van der Waals surface area contributed by atoms with Gasteiger partial charge >= 0.3 is 5.97 Å². The molecule has 238 valence electrons. The second kappa shape index (κ2) is 13.6. The second-order valence-corrected chi connectivity index (χ2v) is 14.7. The monoisotopic (exact) mass is 677 g/mol. The van der Waals surface area contributed by atoms with E-state index in [1.807, 2.05) is 6.07 Å². The summed E-state index contributed by atoms with van der Waals surface area (Å²) < 4.78 is 2.76. The fourth-order valence-corrected chi connectivity index (χ4v) is 8.90. The lowest BCUT2D eigenvalue weighted by Crippen LogP contribution is -2.33. The van der Waals surface area contributed by atoms with E-state index in [0.717, 1.165) is 55.6 Å². The quantitative estimate of drug-likeness (QED) is 0.0832. The van der Waals surface area contributed by atoms with Gasteiger partial charge in [0.05, 0.1) is 16.3 Å². The first-order valence-electron chi connectivity index (χ1n) is 16.1. The molecule has 4 aromatic carbocycles. The maximum absolute atomic E-state index is 12.9. The van der Waals surface area contributed by atoms with E-state index in [1.54, 1.807) is 17.8 Å². The summed E-state index contributed by atoms with van der Waals surface area (Å²) in [5, 5.41) is 11.7. The van der Waals surface area contributed by atoms with E-state index < -0.39 is 12.5 Å². The van der Waals surface area contributed by atoms with Crippen molar-refractivity contribution in [2.75, 3.05) is 11.4 Å². The number of carboxylic acid groups (broad SMARTS) is 1. The molecule has 0 saturated carbocycles. The number of nitrogens with zero attached hydrogens (tertiary/aromatic N) is 3. The lowest BCUT2D eigenvalue weighted by molar-refractivity contribution is -0.140. The van der Waals surface area contributed by atoms with E-state index in [4.69, 9.17) is 12.2 Å². The van der Waals surface area contributed by atoms with Gasteiger partial charge in [0.15, 0.2) is 0 Å². The number of rotatable bonds is 11. The largest absolute Gasteiger partial charge is 0.480 e. The van der Waals surface area contributed by atoms with Gasteiger partial charge in [0, 0.05) is 43.8 Å². The minimum absolute atomic E-state index is 0.264. The Bertz CT molecular complexity index is 2070. The minimum Gasteiger partial charge on any atom is -0.480 e. The molecule has 2 aliphatic rings. The molecule has 7 rings (SSSR count). The predicted molar refractivity (Wildman–Crippen MR) is 199 cm³/mol. The summed E-state index contributed by atoms with van der Waals surface area (Å²) in [7, 11) is 0. The lowest BCUT2D eigenvalue weighted by atomic mass is 10.1. The number of hydrogen-bond donors (Lipinski definition) is 1. The summed E-state index contributed by atoms with van der Waals surface area (Å²) in [6.07, 6.45) is 9.43. The van der Waals surface area contributed by atoms with E-state index in [0.29, 0.717) is 4.91 Å². The molecule has 0 atom stereocenters. The van der Waals surface area contributed by atoms with Crippen LogP contribution in [0.4, 0.5) is 17.1 Å². The van der Waals surface area contributed by atoms with Crippen molar-refractivity contribution in [2.24, 2.45) is 0 Å². The molecule has 0 aliphatic carbocycles. The van der Waals surface area contributed by atoms with Crippen molar-refractivity contribution in [1.82, 2.24) is 9.47 Å². The number of carboxylic acids is 1. The molecule has 0 radical (unpaired) electrons. The number of thioether (sulfide) groups is 1. The highest BCUT2D eigenvalue weighted by Crippen LogP contribution is 2.52. The van der Waals surface area contributed by atoms with Crippen molar-refractivity contribution in [2.45, 2.75) is 61.8 Å². The van der Waals surface area contributed by atoms with Crippen LogP contribution in [0.15, 0.2) is 99.6 Å². The van der Waals surface area contributed by atoms with Crippen LogP contribution in [-0.4, -0.2) is 37.3 Å². The van der Waals surface area contributed by atoms with Crippen LogP contribution >= 0.6 is 35.7 Å². The Morgan fingerprint density at radius 2 is 1.55 bits per heavy atom. The van der Waals surface area contributed by atoms with Gasteiger partial charge in [-0.3, -0.25) is 14.5 Å². The molecule has 3 heterocycles. The van der Waals surface area contributed by atoms with Crippen molar-refractivity contribution in [3.63, 3.8) is 0 Å². The van der Waals surface area contributed by atoms with Gasteiger partial charge in [-0.25, -0.2) is 0 Å². The summed E-state index contributed by atoms with van der Waals surface area (Å²) in [6.45, 7) is 2.84. The third-order valence-electron chi connectivity index (χ3n) is 8.76. The molecule has 1 N–H and O–H groups in total. The molecule has 0 spiro atoms. The number of para-hydroxylation sites is 2. The Morgan fingerprint density at radius 1 is 0.809 bits per heavy atom. The maximum Gasteiger partial charge on any atom is 0.323 e. The van der Waals surface area contributed by atoms with Crippen molar-refractivity contribution in [3.05, 3.63) is 95.4 Å². The Labute approximate surface area is 288 Å². The smallest absolute Gasteiger partial charge is 0.323 e. The van der Waals surface area contributed by atoms with Gasteiger partial charge in [-0.1, -0.05) is 111 Å². The molecule has 2 aliphatic heterocycles.